The lowest BCUT2D eigenvalue weighted by Gasteiger charge is -2.23. The Balaban J connectivity index is 1.93. The van der Waals surface area contributed by atoms with Crippen LogP contribution in [0.1, 0.15) is 45.0 Å². The largest absolute Gasteiger partial charge is 0.507 e. The number of aliphatic hydroxyl groups is 1. The summed E-state index contributed by atoms with van der Waals surface area (Å²) in [6.07, 6.45) is 0. The summed E-state index contributed by atoms with van der Waals surface area (Å²) >= 11 is 0.843. The van der Waals surface area contributed by atoms with Gasteiger partial charge in [0.1, 0.15) is 28.2 Å². The van der Waals surface area contributed by atoms with Crippen LogP contribution in [0.2, 0.25) is 0 Å². The summed E-state index contributed by atoms with van der Waals surface area (Å²) in [5, 5.41) is 11.3. The van der Waals surface area contributed by atoms with E-state index < -0.39 is 35.3 Å². The van der Waals surface area contributed by atoms with Crippen LogP contribution in [0.4, 0.5) is 9.52 Å². The van der Waals surface area contributed by atoms with Gasteiger partial charge in [0.2, 0.25) is 0 Å². The van der Waals surface area contributed by atoms with Gasteiger partial charge in [-0.3, -0.25) is 14.5 Å². The summed E-state index contributed by atoms with van der Waals surface area (Å²) in [6.45, 7) is 5.63. The Morgan fingerprint density at radius 3 is 2.56 bits per heavy atom. The Bertz CT molecular complexity index is 1410. The third-order valence-electron chi connectivity index (χ3n) is 5.75. The summed E-state index contributed by atoms with van der Waals surface area (Å²) < 4.78 is 25.3. The molecule has 8 nitrogen and oxygen atoms in total. The standard InChI is InChI=1S/C26H23FN2O6S/c1-5-35-18-11-10-15(12-13(18)2)21(30)19-20(16-8-6-7-9-17(16)27)29(24(32)22(19)31)26-28-14(3)23(36-26)25(33)34-4/h6-12,20,30H,5H2,1-4H3/t20-/m1/s1. The van der Waals surface area contributed by atoms with Crippen molar-refractivity contribution in [1.82, 2.24) is 4.98 Å². The van der Waals surface area contributed by atoms with Crippen LogP contribution >= 0.6 is 11.3 Å². The van der Waals surface area contributed by atoms with Crippen LogP contribution in [0.5, 0.6) is 5.75 Å². The van der Waals surface area contributed by atoms with Gasteiger partial charge in [-0.2, -0.15) is 0 Å². The van der Waals surface area contributed by atoms with Crippen molar-refractivity contribution in [3.05, 3.63) is 81.1 Å². The van der Waals surface area contributed by atoms with Crippen LogP contribution in [-0.4, -0.2) is 41.5 Å². The number of thiazole rings is 1. The molecule has 1 aliphatic heterocycles. The molecule has 36 heavy (non-hydrogen) atoms. The number of carbonyl (C=O) groups excluding carboxylic acids is 3. The van der Waals surface area contributed by atoms with E-state index in [1.807, 2.05) is 6.92 Å². The van der Waals surface area contributed by atoms with Gasteiger partial charge >= 0.3 is 11.9 Å². The number of benzene rings is 2. The molecule has 1 aliphatic rings. The zero-order chi connectivity index (χ0) is 26.1. The van der Waals surface area contributed by atoms with E-state index >= 15 is 4.39 Å². The van der Waals surface area contributed by atoms with Crippen molar-refractivity contribution in [3.63, 3.8) is 0 Å². The molecule has 1 aromatic heterocycles. The van der Waals surface area contributed by atoms with Gasteiger partial charge in [-0.25, -0.2) is 14.2 Å². The molecule has 186 valence electrons. The lowest BCUT2D eigenvalue weighted by Crippen LogP contribution is -2.29. The monoisotopic (exact) mass is 510 g/mol. The summed E-state index contributed by atoms with van der Waals surface area (Å²) in [4.78, 5) is 44.1. The zero-order valence-electron chi connectivity index (χ0n) is 20.0. The number of rotatable bonds is 6. The normalized spacial score (nSPS) is 16.9. The van der Waals surface area contributed by atoms with Crippen molar-refractivity contribution in [2.75, 3.05) is 18.6 Å². The van der Waals surface area contributed by atoms with Crippen LogP contribution < -0.4 is 9.64 Å². The van der Waals surface area contributed by atoms with Crippen LogP contribution in [0.15, 0.2) is 48.0 Å². The van der Waals surface area contributed by atoms with E-state index in [1.165, 1.54) is 25.3 Å². The number of aliphatic hydroxyl groups excluding tert-OH is 1. The van der Waals surface area contributed by atoms with Gasteiger partial charge in [0.25, 0.3) is 5.78 Å². The number of ether oxygens (including phenoxy) is 2. The number of anilines is 1. The SMILES string of the molecule is CCOc1ccc(C(O)=C2C(=O)C(=O)N(c3nc(C)c(C(=O)OC)s3)[C@@H]2c2ccccc2F)cc1C. The van der Waals surface area contributed by atoms with Crippen molar-refractivity contribution in [3.8, 4) is 5.75 Å². The molecule has 0 saturated carbocycles. The number of aromatic nitrogens is 1. The average Bonchev–Trinajstić information content (AvgIpc) is 3.36. The predicted octanol–water partition coefficient (Wildman–Crippen LogP) is 4.71. The van der Waals surface area contributed by atoms with Gasteiger partial charge < -0.3 is 14.6 Å². The highest BCUT2D eigenvalue weighted by molar-refractivity contribution is 7.17. The van der Waals surface area contributed by atoms with Crippen LogP contribution in [0.25, 0.3) is 5.76 Å². The highest BCUT2D eigenvalue weighted by Crippen LogP contribution is 2.44. The second-order valence-corrected chi connectivity index (χ2v) is 8.98. The van der Waals surface area contributed by atoms with Gasteiger partial charge in [-0.05, 0) is 50.6 Å². The third kappa shape index (κ3) is 4.24. The zero-order valence-corrected chi connectivity index (χ0v) is 20.8. The molecule has 0 unspecified atom stereocenters. The Labute approximate surface area is 210 Å². The van der Waals surface area contributed by atoms with Crippen molar-refractivity contribution in [1.29, 1.82) is 0 Å². The Morgan fingerprint density at radius 2 is 1.92 bits per heavy atom. The highest BCUT2D eigenvalue weighted by atomic mass is 32.1. The fourth-order valence-electron chi connectivity index (χ4n) is 4.06. The minimum atomic E-state index is -1.31. The first-order chi connectivity index (χ1) is 17.2. The number of aryl methyl sites for hydroxylation is 2. The number of methoxy groups -OCH3 is 1. The second kappa shape index (κ2) is 9.90. The molecule has 1 fully saturated rings. The molecule has 1 N–H and O–H groups in total. The Kier molecular flexibility index (Phi) is 6.89. The smallest absolute Gasteiger partial charge is 0.350 e. The molecule has 1 amide bonds. The third-order valence-corrected chi connectivity index (χ3v) is 6.89. The minimum Gasteiger partial charge on any atom is -0.507 e. The minimum absolute atomic E-state index is 0.00479. The first-order valence-electron chi connectivity index (χ1n) is 11.0. The van der Waals surface area contributed by atoms with Crippen molar-refractivity contribution >= 4 is 39.9 Å². The van der Waals surface area contributed by atoms with Crippen molar-refractivity contribution in [2.24, 2.45) is 0 Å². The number of hydrogen-bond donors (Lipinski definition) is 1. The van der Waals surface area contributed by atoms with Gasteiger partial charge in [0, 0.05) is 11.1 Å². The van der Waals surface area contributed by atoms with E-state index in [2.05, 4.69) is 4.98 Å². The van der Waals surface area contributed by atoms with Crippen LogP contribution in [0, 0.1) is 19.7 Å². The molecule has 2 aromatic carbocycles. The van der Waals surface area contributed by atoms with Gasteiger partial charge in [-0.1, -0.05) is 29.5 Å². The molecule has 4 rings (SSSR count). The Morgan fingerprint density at radius 1 is 1.19 bits per heavy atom. The van der Waals surface area contributed by atoms with Gasteiger partial charge in [-0.15, -0.1) is 0 Å². The fraction of sp³-hybridized carbons (Fsp3) is 0.231. The van der Waals surface area contributed by atoms with E-state index in [0.29, 0.717) is 17.9 Å². The van der Waals surface area contributed by atoms with E-state index in [-0.39, 0.29) is 32.4 Å². The van der Waals surface area contributed by atoms with E-state index in [4.69, 9.17) is 9.47 Å². The van der Waals surface area contributed by atoms with Crippen molar-refractivity contribution < 1.29 is 33.4 Å². The molecule has 10 heteroatoms. The number of hydrogen-bond acceptors (Lipinski definition) is 8. The first kappa shape index (κ1) is 25.1. The molecule has 2 heterocycles. The highest BCUT2D eigenvalue weighted by Gasteiger charge is 2.49. The summed E-state index contributed by atoms with van der Waals surface area (Å²) in [7, 11) is 1.21. The molecule has 0 radical (unpaired) electrons. The topological polar surface area (TPSA) is 106 Å². The van der Waals surface area contributed by atoms with Crippen LogP contribution in [0.3, 0.4) is 0 Å². The number of Topliss-reactive ketones (excluding diaryl/α,β-unsaturated/α-hetero) is 1. The number of esters is 1. The lowest BCUT2D eigenvalue weighted by atomic mass is 9.94. The van der Waals surface area contributed by atoms with Gasteiger partial charge in [0.15, 0.2) is 5.13 Å². The molecule has 1 saturated heterocycles. The maximum Gasteiger partial charge on any atom is 0.350 e. The summed E-state index contributed by atoms with van der Waals surface area (Å²) in [5.41, 5.74) is 0.962. The van der Waals surface area contributed by atoms with E-state index in [9.17, 15) is 19.5 Å². The number of nitrogens with zero attached hydrogens (tertiary/aromatic N) is 2. The van der Waals surface area contributed by atoms with Gasteiger partial charge in [0.05, 0.1) is 25.0 Å². The number of amides is 1. The maximum absolute atomic E-state index is 15.0. The molecule has 1 atom stereocenters. The fourth-order valence-corrected chi connectivity index (χ4v) is 5.07. The summed E-state index contributed by atoms with van der Waals surface area (Å²) in [5.74, 6) is -3.19. The number of halogens is 1. The molecular weight excluding hydrogens is 487 g/mol. The Hall–Kier alpha value is -4.05. The number of ketones is 1. The summed E-state index contributed by atoms with van der Waals surface area (Å²) in [6, 6.07) is 9.18. The molecule has 0 aliphatic carbocycles. The maximum atomic E-state index is 15.0. The average molecular weight is 511 g/mol. The first-order valence-corrected chi connectivity index (χ1v) is 11.9. The predicted molar refractivity (Wildman–Crippen MR) is 132 cm³/mol. The molecule has 3 aromatic rings. The number of carbonyl (C=O) groups is 3. The molecular formula is C26H23FN2O6S. The van der Waals surface area contributed by atoms with E-state index in [0.717, 1.165) is 16.2 Å². The van der Waals surface area contributed by atoms with Crippen molar-refractivity contribution in [2.45, 2.75) is 26.8 Å². The molecule has 0 bridgehead atoms. The quantitative estimate of drug-likeness (QED) is 0.222. The lowest BCUT2D eigenvalue weighted by molar-refractivity contribution is -0.132. The molecule has 0 spiro atoms. The van der Waals surface area contributed by atoms with Crippen LogP contribution in [-0.2, 0) is 14.3 Å². The van der Waals surface area contributed by atoms with E-state index in [1.54, 1.807) is 38.1 Å². The second-order valence-electron chi connectivity index (χ2n) is 8.01.